The lowest BCUT2D eigenvalue weighted by Gasteiger charge is -2.08. The van der Waals surface area contributed by atoms with E-state index in [0.717, 1.165) is 11.3 Å². The number of hydrogen-bond acceptors (Lipinski definition) is 4. The molecule has 0 aliphatic heterocycles. The average molecular weight is 330 g/mol. The molecule has 0 spiro atoms. The molecule has 1 N–H and O–H groups in total. The fourth-order valence-corrected chi connectivity index (χ4v) is 3.16. The van der Waals surface area contributed by atoms with Gasteiger partial charge in [0, 0.05) is 16.1 Å². The van der Waals surface area contributed by atoms with Crippen molar-refractivity contribution >= 4 is 44.9 Å². The van der Waals surface area contributed by atoms with Crippen LogP contribution in [0.15, 0.2) is 18.2 Å². The maximum absolute atomic E-state index is 13.1. The van der Waals surface area contributed by atoms with Crippen molar-refractivity contribution in [2.75, 3.05) is 6.61 Å². The van der Waals surface area contributed by atoms with Crippen LogP contribution < -0.4 is 5.32 Å². The highest BCUT2D eigenvalue weighted by atomic mass is 35.5. The van der Waals surface area contributed by atoms with Gasteiger partial charge in [-0.15, -0.1) is 11.3 Å². The number of carbonyl (C=O) groups excluding carboxylic acids is 2. The third-order valence-corrected chi connectivity index (χ3v) is 4.20. The van der Waals surface area contributed by atoms with Gasteiger partial charge < -0.3 is 10.1 Å². The molecule has 0 saturated heterocycles. The van der Waals surface area contributed by atoms with Crippen LogP contribution in [-0.2, 0) is 9.53 Å². The van der Waals surface area contributed by atoms with Crippen molar-refractivity contribution in [2.45, 2.75) is 19.9 Å². The summed E-state index contributed by atoms with van der Waals surface area (Å²) in [4.78, 5) is 23.5. The normalized spacial score (nSPS) is 10.9. The number of nitrogens with one attached hydrogen (secondary N) is 1. The molecule has 1 aromatic heterocycles. The first-order valence-corrected chi connectivity index (χ1v) is 7.42. The molecule has 112 valence electrons. The first kappa shape index (κ1) is 15.7. The summed E-state index contributed by atoms with van der Waals surface area (Å²) in [6, 6.07) is 4.04. The van der Waals surface area contributed by atoms with Crippen LogP contribution in [0.3, 0.4) is 0 Å². The predicted molar refractivity (Wildman–Crippen MR) is 80.4 cm³/mol. The van der Waals surface area contributed by atoms with E-state index in [-0.39, 0.29) is 28.5 Å². The van der Waals surface area contributed by atoms with Gasteiger partial charge in [0.2, 0.25) is 0 Å². The summed E-state index contributed by atoms with van der Waals surface area (Å²) < 4.78 is 18.6. The standard InChI is InChI=1S/C14H13ClFNO3S/c1-7(2)17-11(18)6-20-14(19)13-12(15)9-4-3-8(16)5-10(9)21-13/h3-5,7H,6H2,1-2H3,(H,17,18). The smallest absolute Gasteiger partial charge is 0.350 e. The predicted octanol–water partition coefficient (Wildman–Crippen LogP) is 3.38. The summed E-state index contributed by atoms with van der Waals surface area (Å²) in [6.07, 6.45) is 0. The Hall–Kier alpha value is -1.66. The molecule has 7 heteroatoms. The van der Waals surface area contributed by atoms with Gasteiger partial charge in [-0.2, -0.15) is 0 Å². The molecular formula is C14H13ClFNO3S. The Bertz CT molecular complexity index is 699. The van der Waals surface area contributed by atoms with Gasteiger partial charge in [-0.05, 0) is 32.0 Å². The van der Waals surface area contributed by atoms with E-state index in [0.29, 0.717) is 10.1 Å². The van der Waals surface area contributed by atoms with Crippen molar-refractivity contribution in [1.82, 2.24) is 5.32 Å². The molecule has 2 rings (SSSR count). The highest BCUT2D eigenvalue weighted by Gasteiger charge is 2.19. The van der Waals surface area contributed by atoms with Crippen LogP contribution in [0.25, 0.3) is 10.1 Å². The summed E-state index contributed by atoms with van der Waals surface area (Å²) in [6.45, 7) is 3.23. The van der Waals surface area contributed by atoms with Crippen LogP contribution in [0.1, 0.15) is 23.5 Å². The SMILES string of the molecule is CC(C)NC(=O)COC(=O)c1sc2cc(F)ccc2c1Cl. The van der Waals surface area contributed by atoms with Gasteiger partial charge in [0.05, 0.1) is 5.02 Å². The Kier molecular flexibility index (Phi) is 4.80. The van der Waals surface area contributed by atoms with Gasteiger partial charge in [-0.25, -0.2) is 9.18 Å². The number of benzene rings is 1. The molecule has 0 aliphatic carbocycles. The topological polar surface area (TPSA) is 55.4 Å². The first-order valence-electron chi connectivity index (χ1n) is 6.22. The van der Waals surface area contributed by atoms with E-state index in [9.17, 15) is 14.0 Å². The zero-order valence-corrected chi connectivity index (χ0v) is 13.0. The van der Waals surface area contributed by atoms with Crippen molar-refractivity contribution in [1.29, 1.82) is 0 Å². The third kappa shape index (κ3) is 3.71. The summed E-state index contributed by atoms with van der Waals surface area (Å²) in [5.74, 6) is -1.49. The van der Waals surface area contributed by atoms with Crippen molar-refractivity contribution in [2.24, 2.45) is 0 Å². The molecule has 0 bridgehead atoms. The number of esters is 1. The Morgan fingerprint density at radius 2 is 2.14 bits per heavy atom. The number of amides is 1. The van der Waals surface area contributed by atoms with Crippen molar-refractivity contribution < 1.29 is 18.7 Å². The first-order chi connectivity index (χ1) is 9.88. The van der Waals surface area contributed by atoms with Crippen molar-refractivity contribution in [3.05, 3.63) is 33.9 Å². The van der Waals surface area contributed by atoms with E-state index in [4.69, 9.17) is 16.3 Å². The zero-order chi connectivity index (χ0) is 15.6. The van der Waals surface area contributed by atoms with E-state index in [1.165, 1.54) is 18.2 Å². The maximum Gasteiger partial charge on any atom is 0.350 e. The van der Waals surface area contributed by atoms with Gasteiger partial charge in [-0.3, -0.25) is 4.79 Å². The minimum atomic E-state index is -0.694. The van der Waals surface area contributed by atoms with Gasteiger partial charge in [0.1, 0.15) is 10.7 Å². The molecule has 2 aromatic rings. The van der Waals surface area contributed by atoms with Crippen LogP contribution in [0.2, 0.25) is 5.02 Å². The zero-order valence-electron chi connectivity index (χ0n) is 11.4. The van der Waals surface area contributed by atoms with E-state index in [1.807, 2.05) is 0 Å². The van der Waals surface area contributed by atoms with Gasteiger partial charge in [-0.1, -0.05) is 11.6 Å². The van der Waals surface area contributed by atoms with Crippen LogP contribution in [0.5, 0.6) is 0 Å². The second-order valence-corrected chi connectivity index (χ2v) is 6.11. The van der Waals surface area contributed by atoms with Crippen LogP contribution in [0.4, 0.5) is 4.39 Å². The second-order valence-electron chi connectivity index (χ2n) is 4.68. The lowest BCUT2D eigenvalue weighted by molar-refractivity contribution is -0.124. The lowest BCUT2D eigenvalue weighted by atomic mass is 10.2. The second kappa shape index (κ2) is 6.41. The summed E-state index contributed by atoms with van der Waals surface area (Å²) >= 11 is 7.12. The van der Waals surface area contributed by atoms with E-state index >= 15 is 0 Å². The molecule has 21 heavy (non-hydrogen) atoms. The maximum atomic E-state index is 13.1. The van der Waals surface area contributed by atoms with E-state index in [1.54, 1.807) is 13.8 Å². The molecule has 0 unspecified atom stereocenters. The van der Waals surface area contributed by atoms with Crippen LogP contribution >= 0.6 is 22.9 Å². The number of halogens is 2. The monoisotopic (exact) mass is 329 g/mol. The number of carbonyl (C=O) groups is 2. The molecule has 1 heterocycles. The van der Waals surface area contributed by atoms with Gasteiger partial charge in [0.25, 0.3) is 5.91 Å². The Balaban J connectivity index is 2.13. The molecule has 0 saturated carbocycles. The fraction of sp³-hybridized carbons (Fsp3) is 0.286. The van der Waals surface area contributed by atoms with Crippen LogP contribution in [0, 0.1) is 5.82 Å². The van der Waals surface area contributed by atoms with Gasteiger partial charge >= 0.3 is 5.97 Å². The molecule has 1 amide bonds. The Morgan fingerprint density at radius 1 is 1.43 bits per heavy atom. The minimum absolute atomic E-state index is 0.0351. The van der Waals surface area contributed by atoms with E-state index in [2.05, 4.69) is 5.32 Å². The van der Waals surface area contributed by atoms with Crippen LogP contribution in [-0.4, -0.2) is 24.5 Å². The number of rotatable bonds is 4. The molecule has 4 nitrogen and oxygen atoms in total. The van der Waals surface area contributed by atoms with Gasteiger partial charge in [0.15, 0.2) is 6.61 Å². The lowest BCUT2D eigenvalue weighted by Crippen LogP contribution is -2.33. The average Bonchev–Trinajstić information content (AvgIpc) is 2.72. The largest absolute Gasteiger partial charge is 0.451 e. The van der Waals surface area contributed by atoms with Crippen molar-refractivity contribution in [3.63, 3.8) is 0 Å². The highest BCUT2D eigenvalue weighted by Crippen LogP contribution is 2.36. The van der Waals surface area contributed by atoms with Crippen molar-refractivity contribution in [3.8, 4) is 0 Å². The Labute approximate surface area is 129 Å². The summed E-state index contributed by atoms with van der Waals surface area (Å²) in [7, 11) is 0. The molecule has 0 atom stereocenters. The molecule has 0 aliphatic rings. The molecule has 0 fully saturated rings. The highest BCUT2D eigenvalue weighted by molar-refractivity contribution is 7.21. The minimum Gasteiger partial charge on any atom is -0.451 e. The molecular weight excluding hydrogens is 317 g/mol. The number of hydrogen-bond donors (Lipinski definition) is 1. The quantitative estimate of drug-likeness (QED) is 0.875. The number of thiophene rings is 1. The third-order valence-electron chi connectivity index (χ3n) is 2.56. The Morgan fingerprint density at radius 3 is 2.81 bits per heavy atom. The fourth-order valence-electron chi connectivity index (χ4n) is 1.73. The summed E-state index contributed by atoms with van der Waals surface area (Å²) in [5.41, 5.74) is 0. The summed E-state index contributed by atoms with van der Waals surface area (Å²) in [5, 5.41) is 3.40. The number of fused-ring (bicyclic) bond motifs is 1. The molecule has 1 aromatic carbocycles. The molecule has 0 radical (unpaired) electrons. The number of ether oxygens (including phenoxy) is 1. The van der Waals surface area contributed by atoms with E-state index < -0.39 is 11.8 Å².